The summed E-state index contributed by atoms with van der Waals surface area (Å²) in [5, 5.41) is 0. The number of benzene rings is 1. The quantitative estimate of drug-likeness (QED) is 0.468. The molecule has 0 amide bonds. The Balaban J connectivity index is 2.14. The first kappa shape index (κ1) is 17.7. The van der Waals surface area contributed by atoms with Gasteiger partial charge in [0.05, 0.1) is 31.8 Å². The maximum atomic E-state index is 4.45. The van der Waals surface area contributed by atoms with Crippen LogP contribution < -0.4 is 0 Å². The molecule has 3 rings (SSSR count). The van der Waals surface area contributed by atoms with E-state index < -0.39 is 8.07 Å². The predicted octanol–water partition coefficient (Wildman–Crippen LogP) is 6.45. The number of fused-ring (bicyclic) bond motifs is 1. The van der Waals surface area contributed by atoms with Crippen LogP contribution >= 0.6 is 0 Å². The average molecular weight is 349 g/mol. The minimum absolute atomic E-state index is 1.15. The Morgan fingerprint density at radius 2 is 1.84 bits per heavy atom. The largest absolute Gasteiger partial charge is 0.298 e. The van der Waals surface area contributed by atoms with Crippen molar-refractivity contribution < 1.29 is 0 Å². The smallest absolute Gasteiger partial charge is 0.0997 e. The first-order valence-corrected chi connectivity index (χ1v) is 12.8. The number of pyridine rings is 1. The fourth-order valence-corrected chi connectivity index (χ4v) is 4.65. The zero-order chi connectivity index (χ0) is 17.9. The Morgan fingerprint density at radius 1 is 1.08 bits per heavy atom. The normalized spacial score (nSPS) is 12.7. The van der Waals surface area contributed by atoms with E-state index in [0.29, 0.717) is 0 Å². The Labute approximate surface area is 152 Å². The van der Waals surface area contributed by atoms with Gasteiger partial charge in [0.1, 0.15) is 0 Å². The summed E-state index contributed by atoms with van der Waals surface area (Å²) in [5.41, 5.74) is 9.02. The van der Waals surface area contributed by atoms with Gasteiger partial charge in [-0.3, -0.25) is 4.40 Å². The molecule has 0 aliphatic carbocycles. The minimum Gasteiger partial charge on any atom is -0.298 e. The summed E-state index contributed by atoms with van der Waals surface area (Å²) in [6, 6.07) is 15.1. The Bertz CT molecular complexity index is 870. The van der Waals surface area contributed by atoms with Crippen molar-refractivity contribution in [3.63, 3.8) is 0 Å². The van der Waals surface area contributed by atoms with E-state index in [1.807, 2.05) is 12.5 Å². The summed E-state index contributed by atoms with van der Waals surface area (Å²) >= 11 is 0. The van der Waals surface area contributed by atoms with Crippen LogP contribution in [0.3, 0.4) is 0 Å². The monoisotopic (exact) mass is 348 g/mol. The van der Waals surface area contributed by atoms with E-state index in [1.54, 1.807) is 0 Å². The van der Waals surface area contributed by atoms with Gasteiger partial charge in [0, 0.05) is 5.56 Å². The molecule has 0 bridgehead atoms. The van der Waals surface area contributed by atoms with Gasteiger partial charge < -0.3 is 0 Å². The van der Waals surface area contributed by atoms with Crippen LogP contribution in [-0.4, -0.2) is 17.5 Å². The van der Waals surface area contributed by atoms with Crippen LogP contribution in [0.25, 0.3) is 22.3 Å². The summed E-state index contributed by atoms with van der Waals surface area (Å²) in [6.45, 7) is 9.49. The SMILES string of the molecule is CCCC/C(=C\[Si](C)(C)C)c1ccc(-c2ccccc2)n2cncc12. The molecule has 0 aliphatic heterocycles. The van der Waals surface area contributed by atoms with Crippen LogP contribution in [0.5, 0.6) is 0 Å². The molecule has 0 saturated carbocycles. The lowest BCUT2D eigenvalue weighted by Crippen LogP contribution is -2.17. The molecule has 3 heteroatoms. The van der Waals surface area contributed by atoms with E-state index in [2.05, 4.69) is 84.1 Å². The molecule has 0 fully saturated rings. The van der Waals surface area contributed by atoms with E-state index in [9.17, 15) is 0 Å². The van der Waals surface area contributed by atoms with Gasteiger partial charge in [-0.25, -0.2) is 4.98 Å². The zero-order valence-electron chi connectivity index (χ0n) is 15.8. The van der Waals surface area contributed by atoms with E-state index in [4.69, 9.17) is 0 Å². The highest BCUT2D eigenvalue weighted by Gasteiger charge is 2.15. The van der Waals surface area contributed by atoms with Gasteiger partial charge in [-0.15, -0.1) is 0 Å². The van der Waals surface area contributed by atoms with Crippen molar-refractivity contribution >= 4 is 19.2 Å². The molecule has 0 spiro atoms. The molecular weight excluding hydrogens is 320 g/mol. The number of imidazole rings is 1. The molecule has 0 saturated heterocycles. The van der Waals surface area contributed by atoms with E-state index >= 15 is 0 Å². The molecule has 130 valence electrons. The van der Waals surface area contributed by atoms with Crippen molar-refractivity contribution in [2.45, 2.75) is 45.8 Å². The van der Waals surface area contributed by atoms with Gasteiger partial charge in [0.25, 0.3) is 0 Å². The topological polar surface area (TPSA) is 17.3 Å². The number of aromatic nitrogens is 2. The van der Waals surface area contributed by atoms with Crippen molar-refractivity contribution in [1.29, 1.82) is 0 Å². The fraction of sp³-hybridized carbons (Fsp3) is 0.318. The van der Waals surface area contributed by atoms with Gasteiger partial charge in [0.2, 0.25) is 0 Å². The van der Waals surface area contributed by atoms with Gasteiger partial charge in [-0.1, -0.05) is 75.1 Å². The van der Waals surface area contributed by atoms with Crippen LogP contribution in [-0.2, 0) is 0 Å². The molecule has 0 radical (unpaired) electrons. The molecule has 0 unspecified atom stereocenters. The van der Waals surface area contributed by atoms with Crippen molar-refractivity contribution in [3.05, 3.63) is 66.3 Å². The number of hydrogen-bond acceptors (Lipinski definition) is 1. The number of nitrogens with zero attached hydrogens (tertiary/aromatic N) is 2. The van der Waals surface area contributed by atoms with Crippen LogP contribution in [0.1, 0.15) is 31.7 Å². The van der Waals surface area contributed by atoms with Crippen LogP contribution in [0.4, 0.5) is 0 Å². The predicted molar refractivity (Wildman–Crippen MR) is 111 cm³/mol. The van der Waals surface area contributed by atoms with Gasteiger partial charge >= 0.3 is 0 Å². The van der Waals surface area contributed by atoms with Crippen LogP contribution in [0.15, 0.2) is 60.7 Å². The molecule has 0 N–H and O–H groups in total. The lowest BCUT2D eigenvalue weighted by atomic mass is 10.0. The van der Waals surface area contributed by atoms with Crippen molar-refractivity contribution in [3.8, 4) is 11.3 Å². The first-order valence-electron chi connectivity index (χ1n) is 9.22. The Morgan fingerprint density at radius 3 is 2.52 bits per heavy atom. The summed E-state index contributed by atoms with van der Waals surface area (Å²) in [6.07, 6.45) is 7.54. The van der Waals surface area contributed by atoms with Gasteiger partial charge in [-0.2, -0.15) is 0 Å². The number of unbranched alkanes of at least 4 members (excludes halogenated alkanes) is 1. The summed E-state index contributed by atoms with van der Waals surface area (Å²) in [7, 11) is -1.29. The average Bonchev–Trinajstić information content (AvgIpc) is 3.07. The highest BCUT2D eigenvalue weighted by atomic mass is 28.3. The third-order valence-corrected chi connectivity index (χ3v) is 5.62. The highest BCUT2D eigenvalue weighted by molar-refractivity contribution is 6.81. The van der Waals surface area contributed by atoms with Gasteiger partial charge in [-0.05, 0) is 30.0 Å². The molecule has 0 aliphatic rings. The molecule has 0 atom stereocenters. The van der Waals surface area contributed by atoms with Crippen LogP contribution in [0, 0.1) is 0 Å². The van der Waals surface area contributed by atoms with Crippen molar-refractivity contribution in [1.82, 2.24) is 9.38 Å². The van der Waals surface area contributed by atoms with Crippen molar-refractivity contribution in [2.75, 3.05) is 0 Å². The fourth-order valence-electron chi connectivity index (χ4n) is 3.30. The first-order chi connectivity index (χ1) is 12.0. The molecule has 25 heavy (non-hydrogen) atoms. The van der Waals surface area contributed by atoms with Crippen molar-refractivity contribution in [2.24, 2.45) is 0 Å². The zero-order valence-corrected chi connectivity index (χ0v) is 16.8. The number of allylic oxidation sites excluding steroid dienone is 1. The van der Waals surface area contributed by atoms with Gasteiger partial charge in [0.15, 0.2) is 0 Å². The second-order valence-electron chi connectivity index (χ2n) is 7.79. The number of hydrogen-bond donors (Lipinski definition) is 0. The highest BCUT2D eigenvalue weighted by Crippen LogP contribution is 2.30. The summed E-state index contributed by atoms with van der Waals surface area (Å²) in [5.74, 6) is 0. The molecule has 2 aromatic heterocycles. The Kier molecular flexibility index (Phi) is 5.23. The minimum atomic E-state index is -1.29. The Hall–Kier alpha value is -2.13. The standard InChI is InChI=1S/C22H28N2Si/c1-5-6-10-19(16-25(2,3)4)20-13-14-21(18-11-8-7-9-12-18)24-17-23-15-22(20)24/h7-9,11-17H,5-6,10H2,1-4H3/b19-16+. The summed E-state index contributed by atoms with van der Waals surface area (Å²) in [4.78, 5) is 4.45. The molecular formula is C22H28N2Si. The molecule has 1 aromatic carbocycles. The van der Waals surface area contributed by atoms with E-state index in [1.165, 1.54) is 40.8 Å². The molecule has 2 heterocycles. The van der Waals surface area contributed by atoms with E-state index in [-0.39, 0.29) is 0 Å². The lowest BCUT2D eigenvalue weighted by molar-refractivity contribution is 0.824. The van der Waals surface area contributed by atoms with E-state index in [0.717, 1.165) is 6.42 Å². The number of rotatable bonds is 6. The van der Waals surface area contributed by atoms with Crippen LogP contribution in [0.2, 0.25) is 19.6 Å². The molecule has 2 nitrogen and oxygen atoms in total. The second-order valence-corrected chi connectivity index (χ2v) is 12.8. The second kappa shape index (κ2) is 7.40. The third kappa shape index (κ3) is 4.10. The summed E-state index contributed by atoms with van der Waals surface area (Å²) < 4.78 is 2.23. The maximum absolute atomic E-state index is 4.45. The lowest BCUT2D eigenvalue weighted by Gasteiger charge is -2.17. The molecule has 3 aromatic rings. The maximum Gasteiger partial charge on any atom is 0.0997 e. The third-order valence-electron chi connectivity index (χ3n) is 4.40.